The van der Waals surface area contributed by atoms with Gasteiger partial charge in [0.15, 0.2) is 0 Å². The monoisotopic (exact) mass is 391 g/mol. The number of hydrogen-bond donors (Lipinski definition) is 1. The Hall–Kier alpha value is -0.340. The molecule has 1 saturated heterocycles. The molecular weight excluding hydrogens is 373 g/mol. The number of ether oxygens (including phenoxy) is 1. The van der Waals surface area contributed by atoms with Crippen LogP contribution in [-0.2, 0) is 4.74 Å². The van der Waals surface area contributed by atoms with Crippen LogP contribution in [0.15, 0.2) is 18.7 Å². The number of thiol groups is 1. The Morgan fingerprint density at radius 3 is 3.00 bits per heavy atom. The molecule has 4 nitrogen and oxygen atoms in total. The van der Waals surface area contributed by atoms with E-state index < -0.39 is 4.87 Å². The van der Waals surface area contributed by atoms with Crippen LogP contribution in [0.1, 0.15) is 12.7 Å². The van der Waals surface area contributed by atoms with Crippen LogP contribution in [0.2, 0.25) is 0 Å². The maximum atomic E-state index is 5.63. The van der Waals surface area contributed by atoms with Crippen LogP contribution in [0.4, 0.5) is 5.82 Å². The van der Waals surface area contributed by atoms with Gasteiger partial charge in [-0.3, -0.25) is 0 Å². The summed E-state index contributed by atoms with van der Waals surface area (Å²) in [6.07, 6.45) is 1.87. The van der Waals surface area contributed by atoms with Gasteiger partial charge in [0.05, 0.1) is 13.2 Å². The van der Waals surface area contributed by atoms with Gasteiger partial charge >= 0.3 is 0 Å². The minimum Gasteiger partial charge on any atom is -0.379 e. The molecule has 0 radical (unpaired) electrons. The molecule has 6 heteroatoms. The third-order valence-corrected chi connectivity index (χ3v) is 4.77. The summed E-state index contributed by atoms with van der Waals surface area (Å²) in [6, 6.07) is 1.97. The fraction of sp³-hybridized carbons (Fsp3) is 0.538. The van der Waals surface area contributed by atoms with Gasteiger partial charge in [0, 0.05) is 18.5 Å². The molecule has 1 aromatic rings. The van der Waals surface area contributed by atoms with E-state index in [1.807, 2.05) is 19.1 Å². The molecule has 0 N–H and O–H groups in total. The SMILES string of the molecule is C=C[C@]1(S)C(C)COCCN1c1cc(I)nc(C)n1. The van der Waals surface area contributed by atoms with Gasteiger partial charge in [0.2, 0.25) is 0 Å². The van der Waals surface area contributed by atoms with Crippen LogP contribution in [0, 0.1) is 16.5 Å². The van der Waals surface area contributed by atoms with Crippen molar-refractivity contribution < 1.29 is 4.74 Å². The predicted molar refractivity (Wildman–Crippen MR) is 88.7 cm³/mol. The highest BCUT2D eigenvalue weighted by Gasteiger charge is 2.38. The zero-order chi connectivity index (χ0) is 14.0. The Labute approximate surface area is 133 Å². The summed E-state index contributed by atoms with van der Waals surface area (Å²) in [5.41, 5.74) is 0. The van der Waals surface area contributed by atoms with E-state index in [9.17, 15) is 0 Å². The second-order valence-corrected chi connectivity index (χ2v) is 6.53. The highest BCUT2D eigenvalue weighted by molar-refractivity contribution is 14.1. The summed E-state index contributed by atoms with van der Waals surface area (Å²) in [4.78, 5) is 10.5. The zero-order valence-corrected chi connectivity index (χ0v) is 14.2. The van der Waals surface area contributed by atoms with Crippen molar-refractivity contribution in [3.63, 3.8) is 0 Å². The van der Waals surface area contributed by atoms with Gasteiger partial charge in [0.25, 0.3) is 0 Å². The Bertz CT molecular complexity index is 465. The average molecular weight is 391 g/mol. The number of aryl methyl sites for hydroxylation is 1. The molecule has 1 fully saturated rings. The van der Waals surface area contributed by atoms with Crippen LogP contribution < -0.4 is 4.90 Å². The molecule has 104 valence electrons. The van der Waals surface area contributed by atoms with Gasteiger partial charge in [-0.1, -0.05) is 19.6 Å². The Balaban J connectivity index is 2.46. The number of rotatable bonds is 2. The first-order valence-corrected chi connectivity index (χ1v) is 7.72. The van der Waals surface area contributed by atoms with Crippen molar-refractivity contribution >= 4 is 41.0 Å². The highest BCUT2D eigenvalue weighted by Crippen LogP contribution is 2.36. The lowest BCUT2D eigenvalue weighted by Gasteiger charge is -2.40. The van der Waals surface area contributed by atoms with E-state index in [0.29, 0.717) is 13.2 Å². The lowest BCUT2D eigenvalue weighted by atomic mass is 10.0. The molecule has 0 saturated carbocycles. The molecule has 2 rings (SSSR count). The number of anilines is 1. The van der Waals surface area contributed by atoms with Crippen LogP contribution in [0.25, 0.3) is 0 Å². The van der Waals surface area contributed by atoms with Gasteiger partial charge in [-0.25, -0.2) is 9.97 Å². The Morgan fingerprint density at radius 2 is 2.37 bits per heavy atom. The summed E-state index contributed by atoms with van der Waals surface area (Å²) >= 11 is 7.06. The lowest BCUT2D eigenvalue weighted by molar-refractivity contribution is 0.123. The van der Waals surface area contributed by atoms with Crippen molar-refractivity contribution in [2.24, 2.45) is 5.92 Å². The second kappa shape index (κ2) is 5.97. The molecule has 0 bridgehead atoms. The van der Waals surface area contributed by atoms with E-state index in [4.69, 9.17) is 17.4 Å². The van der Waals surface area contributed by atoms with E-state index in [0.717, 1.165) is 21.9 Å². The lowest BCUT2D eigenvalue weighted by Crippen LogP contribution is -2.48. The van der Waals surface area contributed by atoms with Gasteiger partial charge in [-0.2, -0.15) is 0 Å². The first-order valence-electron chi connectivity index (χ1n) is 6.20. The van der Waals surface area contributed by atoms with Crippen LogP contribution in [-0.4, -0.2) is 34.6 Å². The second-order valence-electron chi connectivity index (χ2n) is 4.71. The molecule has 0 amide bonds. The third kappa shape index (κ3) is 3.05. The first-order chi connectivity index (χ1) is 8.97. The summed E-state index contributed by atoms with van der Waals surface area (Å²) in [5.74, 6) is 1.87. The Morgan fingerprint density at radius 1 is 1.63 bits per heavy atom. The van der Waals surface area contributed by atoms with Crippen molar-refractivity contribution in [2.45, 2.75) is 18.7 Å². The summed E-state index contributed by atoms with van der Waals surface area (Å²) in [5, 5.41) is 0. The van der Waals surface area contributed by atoms with Crippen LogP contribution in [0.3, 0.4) is 0 Å². The van der Waals surface area contributed by atoms with Gasteiger partial charge in [-0.05, 0) is 29.5 Å². The fourth-order valence-electron chi connectivity index (χ4n) is 2.25. The van der Waals surface area contributed by atoms with Crippen molar-refractivity contribution in [3.8, 4) is 0 Å². The molecule has 1 aliphatic rings. The van der Waals surface area contributed by atoms with Crippen molar-refractivity contribution in [3.05, 3.63) is 28.2 Å². The Kier molecular flexibility index (Phi) is 4.73. The van der Waals surface area contributed by atoms with Gasteiger partial charge < -0.3 is 9.64 Å². The summed E-state index contributed by atoms with van der Waals surface area (Å²) in [6.45, 7) is 10.1. The molecule has 1 aromatic heterocycles. The number of nitrogens with zero attached hydrogens (tertiary/aromatic N) is 3. The number of hydrogen-bond acceptors (Lipinski definition) is 5. The molecule has 19 heavy (non-hydrogen) atoms. The minimum atomic E-state index is -0.458. The molecular formula is C13H18IN3OS. The van der Waals surface area contributed by atoms with Crippen molar-refractivity contribution in [1.82, 2.24) is 9.97 Å². The molecule has 0 aromatic carbocycles. The summed E-state index contributed by atoms with van der Waals surface area (Å²) < 4.78 is 6.56. The first kappa shape index (κ1) is 15.1. The number of aromatic nitrogens is 2. The minimum absolute atomic E-state index is 0.226. The maximum absolute atomic E-state index is 5.63. The topological polar surface area (TPSA) is 38.2 Å². The van der Waals surface area contributed by atoms with Crippen LogP contribution >= 0.6 is 35.2 Å². The molecule has 1 unspecified atom stereocenters. The smallest absolute Gasteiger partial charge is 0.134 e. The van der Waals surface area contributed by atoms with Gasteiger partial charge in [-0.15, -0.1) is 12.6 Å². The van der Waals surface area contributed by atoms with E-state index in [1.165, 1.54) is 0 Å². The standard InChI is InChI=1S/C13H18IN3OS/c1-4-13(19)9(2)8-18-6-5-17(13)12-7-11(14)15-10(3)16-12/h4,7,9,19H,1,5-6,8H2,2-3H3/t9?,13-/m0/s1. The fourth-order valence-corrected chi connectivity index (χ4v) is 3.15. The van der Waals surface area contributed by atoms with E-state index in [-0.39, 0.29) is 5.92 Å². The molecule has 2 atom stereocenters. The quantitative estimate of drug-likeness (QED) is 0.364. The largest absolute Gasteiger partial charge is 0.379 e. The maximum Gasteiger partial charge on any atom is 0.134 e. The molecule has 0 aliphatic carbocycles. The van der Waals surface area contributed by atoms with Crippen molar-refractivity contribution in [1.29, 1.82) is 0 Å². The normalized spacial score (nSPS) is 28.0. The predicted octanol–water partition coefficient (Wildman–Crippen LogP) is 2.67. The van der Waals surface area contributed by atoms with E-state index >= 15 is 0 Å². The van der Waals surface area contributed by atoms with E-state index in [1.54, 1.807) is 0 Å². The molecule has 1 aliphatic heterocycles. The van der Waals surface area contributed by atoms with Crippen LogP contribution in [0.5, 0.6) is 0 Å². The van der Waals surface area contributed by atoms with E-state index in [2.05, 4.69) is 51.0 Å². The average Bonchev–Trinajstić information content (AvgIpc) is 2.49. The third-order valence-electron chi connectivity index (χ3n) is 3.35. The highest BCUT2D eigenvalue weighted by atomic mass is 127. The molecule has 2 heterocycles. The summed E-state index contributed by atoms with van der Waals surface area (Å²) in [7, 11) is 0. The van der Waals surface area contributed by atoms with Gasteiger partial charge in [0.1, 0.15) is 20.2 Å². The zero-order valence-electron chi connectivity index (χ0n) is 11.1. The molecule has 0 spiro atoms. The van der Waals surface area contributed by atoms with Crippen molar-refractivity contribution in [2.75, 3.05) is 24.7 Å². The number of halogens is 1.